The second-order valence-corrected chi connectivity index (χ2v) is 9.70. The third kappa shape index (κ3) is 4.55. The molecule has 0 aromatic carbocycles. The Balaban J connectivity index is 1.32. The SMILES string of the molecule is N#Cc1ccc(N2CCC(Nc3ccc(S(=O)(=O)N4CCCCC4)cn3)CC2)nc1. The molecule has 158 valence electrons. The topological polar surface area (TPSA) is 102 Å². The van der Waals surface area contributed by atoms with Crippen molar-refractivity contribution in [3.05, 3.63) is 42.2 Å². The van der Waals surface area contributed by atoms with Crippen molar-refractivity contribution in [1.29, 1.82) is 5.26 Å². The number of pyridine rings is 2. The molecule has 2 aromatic rings. The molecule has 0 atom stereocenters. The van der Waals surface area contributed by atoms with Crippen LogP contribution >= 0.6 is 0 Å². The molecule has 0 unspecified atom stereocenters. The van der Waals surface area contributed by atoms with Gasteiger partial charge in [-0.2, -0.15) is 9.57 Å². The van der Waals surface area contributed by atoms with Crippen LogP contribution in [0, 0.1) is 11.3 Å². The first-order valence-electron chi connectivity index (χ1n) is 10.4. The molecule has 0 bridgehead atoms. The Morgan fingerprint density at radius 1 is 0.967 bits per heavy atom. The third-order valence-electron chi connectivity index (χ3n) is 5.74. The molecule has 2 fully saturated rings. The molecular weight excluding hydrogens is 400 g/mol. The summed E-state index contributed by atoms with van der Waals surface area (Å²) in [6.07, 6.45) is 7.85. The van der Waals surface area contributed by atoms with Crippen LogP contribution in [0.4, 0.5) is 11.6 Å². The van der Waals surface area contributed by atoms with Crippen LogP contribution < -0.4 is 10.2 Å². The molecule has 0 aliphatic carbocycles. The lowest BCUT2D eigenvalue weighted by Gasteiger charge is -2.33. The molecule has 30 heavy (non-hydrogen) atoms. The average molecular weight is 427 g/mol. The van der Waals surface area contributed by atoms with Crippen molar-refractivity contribution in [3.63, 3.8) is 0 Å². The van der Waals surface area contributed by atoms with Crippen molar-refractivity contribution < 1.29 is 8.42 Å². The number of nitrogens with zero attached hydrogens (tertiary/aromatic N) is 5. The Morgan fingerprint density at radius 3 is 2.33 bits per heavy atom. The van der Waals surface area contributed by atoms with E-state index in [1.54, 1.807) is 28.7 Å². The van der Waals surface area contributed by atoms with E-state index in [0.29, 0.717) is 24.5 Å². The summed E-state index contributed by atoms with van der Waals surface area (Å²) in [6.45, 7) is 2.90. The Kier molecular flexibility index (Phi) is 6.16. The normalized spacial score (nSPS) is 18.7. The van der Waals surface area contributed by atoms with E-state index in [-0.39, 0.29) is 10.9 Å². The van der Waals surface area contributed by atoms with Gasteiger partial charge < -0.3 is 10.2 Å². The van der Waals surface area contributed by atoms with E-state index in [1.165, 1.54) is 6.20 Å². The van der Waals surface area contributed by atoms with Gasteiger partial charge in [-0.25, -0.2) is 18.4 Å². The molecule has 2 aromatic heterocycles. The van der Waals surface area contributed by atoms with Gasteiger partial charge in [0.15, 0.2) is 0 Å². The first-order chi connectivity index (χ1) is 14.6. The van der Waals surface area contributed by atoms with Crippen molar-refractivity contribution >= 4 is 21.7 Å². The highest BCUT2D eigenvalue weighted by Gasteiger charge is 2.26. The number of rotatable bonds is 5. The van der Waals surface area contributed by atoms with Crippen molar-refractivity contribution in [2.24, 2.45) is 0 Å². The number of hydrogen-bond donors (Lipinski definition) is 1. The quantitative estimate of drug-likeness (QED) is 0.784. The molecule has 8 nitrogen and oxygen atoms in total. The van der Waals surface area contributed by atoms with E-state index >= 15 is 0 Å². The fourth-order valence-corrected chi connectivity index (χ4v) is 5.44. The summed E-state index contributed by atoms with van der Waals surface area (Å²) in [6, 6.07) is 9.43. The first-order valence-corrected chi connectivity index (χ1v) is 11.8. The summed E-state index contributed by atoms with van der Waals surface area (Å²) in [4.78, 5) is 11.2. The van der Waals surface area contributed by atoms with Gasteiger partial charge in [0.2, 0.25) is 10.0 Å². The average Bonchev–Trinajstić information content (AvgIpc) is 2.81. The zero-order chi connectivity index (χ0) is 21.0. The van der Waals surface area contributed by atoms with E-state index in [1.807, 2.05) is 6.07 Å². The minimum Gasteiger partial charge on any atom is -0.367 e. The van der Waals surface area contributed by atoms with Crippen LogP contribution in [-0.2, 0) is 10.0 Å². The smallest absolute Gasteiger partial charge is 0.244 e. The summed E-state index contributed by atoms with van der Waals surface area (Å²) in [5, 5.41) is 12.3. The third-order valence-corrected chi connectivity index (χ3v) is 7.62. The summed E-state index contributed by atoms with van der Waals surface area (Å²) in [7, 11) is -3.45. The predicted molar refractivity (Wildman–Crippen MR) is 115 cm³/mol. The maximum Gasteiger partial charge on any atom is 0.244 e. The Morgan fingerprint density at radius 2 is 1.73 bits per heavy atom. The van der Waals surface area contributed by atoms with Crippen LogP contribution in [0.25, 0.3) is 0 Å². The first kappa shape index (κ1) is 20.6. The standard InChI is InChI=1S/C21H26N6O2S/c22-14-17-4-7-21(24-15-17)26-12-8-18(9-13-26)25-20-6-5-19(16-23-20)30(28,29)27-10-2-1-3-11-27/h4-7,15-16,18H,1-3,8-13H2,(H,23,25). The Bertz CT molecular complexity index is 987. The Labute approximate surface area is 177 Å². The van der Waals surface area contributed by atoms with E-state index in [4.69, 9.17) is 5.26 Å². The van der Waals surface area contributed by atoms with Gasteiger partial charge in [0.1, 0.15) is 22.6 Å². The van der Waals surface area contributed by atoms with Gasteiger partial charge in [-0.05, 0) is 49.9 Å². The summed E-state index contributed by atoms with van der Waals surface area (Å²) < 4.78 is 27.0. The van der Waals surface area contributed by atoms with E-state index in [2.05, 4.69) is 26.3 Å². The number of hydrogen-bond acceptors (Lipinski definition) is 7. The second-order valence-electron chi connectivity index (χ2n) is 7.77. The molecule has 9 heteroatoms. The number of piperidine rings is 2. The number of nitrogens with one attached hydrogen (secondary N) is 1. The van der Waals surface area contributed by atoms with Crippen molar-refractivity contribution in [2.75, 3.05) is 36.4 Å². The van der Waals surface area contributed by atoms with E-state index in [0.717, 1.165) is 51.0 Å². The molecule has 0 amide bonds. The fourth-order valence-electron chi connectivity index (χ4n) is 3.97. The molecule has 0 radical (unpaired) electrons. The lowest BCUT2D eigenvalue weighted by Crippen LogP contribution is -2.39. The van der Waals surface area contributed by atoms with E-state index in [9.17, 15) is 8.42 Å². The number of aromatic nitrogens is 2. The number of sulfonamides is 1. The summed E-state index contributed by atoms with van der Waals surface area (Å²) in [5.41, 5.74) is 0.562. The van der Waals surface area contributed by atoms with Gasteiger partial charge in [-0.1, -0.05) is 6.42 Å². The maximum absolute atomic E-state index is 12.7. The second kappa shape index (κ2) is 8.98. The van der Waals surface area contributed by atoms with Crippen LogP contribution in [0.2, 0.25) is 0 Å². The van der Waals surface area contributed by atoms with Gasteiger partial charge in [-0.15, -0.1) is 0 Å². The van der Waals surface area contributed by atoms with Gasteiger partial charge in [0, 0.05) is 44.6 Å². The van der Waals surface area contributed by atoms with E-state index < -0.39 is 10.0 Å². The molecule has 4 heterocycles. The van der Waals surface area contributed by atoms with Crippen LogP contribution in [0.5, 0.6) is 0 Å². The fraction of sp³-hybridized carbons (Fsp3) is 0.476. The zero-order valence-electron chi connectivity index (χ0n) is 16.9. The highest BCUT2D eigenvalue weighted by molar-refractivity contribution is 7.89. The van der Waals surface area contributed by atoms with Gasteiger partial charge in [-0.3, -0.25) is 0 Å². The number of nitriles is 1. The molecule has 0 spiro atoms. The van der Waals surface area contributed by atoms with Gasteiger partial charge >= 0.3 is 0 Å². The highest BCUT2D eigenvalue weighted by atomic mass is 32.2. The Hall–Kier alpha value is -2.70. The minimum atomic E-state index is -3.45. The summed E-state index contributed by atoms with van der Waals surface area (Å²) in [5.74, 6) is 1.58. The largest absolute Gasteiger partial charge is 0.367 e. The predicted octanol–water partition coefficient (Wildman–Crippen LogP) is 2.60. The van der Waals surface area contributed by atoms with Gasteiger partial charge in [0.05, 0.1) is 5.56 Å². The highest BCUT2D eigenvalue weighted by Crippen LogP contribution is 2.23. The molecule has 2 aliphatic heterocycles. The molecule has 2 saturated heterocycles. The van der Waals surface area contributed by atoms with Crippen molar-refractivity contribution in [3.8, 4) is 6.07 Å². The van der Waals surface area contributed by atoms with Gasteiger partial charge in [0.25, 0.3) is 0 Å². The lowest BCUT2D eigenvalue weighted by atomic mass is 10.0. The minimum absolute atomic E-state index is 0.261. The van der Waals surface area contributed by atoms with Crippen LogP contribution in [0.15, 0.2) is 41.6 Å². The zero-order valence-corrected chi connectivity index (χ0v) is 17.7. The van der Waals surface area contributed by atoms with Crippen LogP contribution in [-0.4, -0.2) is 54.9 Å². The number of anilines is 2. The molecule has 1 N–H and O–H groups in total. The molecule has 4 rings (SSSR count). The molecule has 2 aliphatic rings. The molecule has 0 saturated carbocycles. The lowest BCUT2D eigenvalue weighted by molar-refractivity contribution is 0.346. The van der Waals surface area contributed by atoms with Crippen LogP contribution in [0.1, 0.15) is 37.7 Å². The van der Waals surface area contributed by atoms with Crippen LogP contribution in [0.3, 0.4) is 0 Å². The van der Waals surface area contributed by atoms with Crippen molar-refractivity contribution in [1.82, 2.24) is 14.3 Å². The molecular formula is C21H26N6O2S. The summed E-state index contributed by atoms with van der Waals surface area (Å²) >= 11 is 0. The monoisotopic (exact) mass is 426 g/mol. The van der Waals surface area contributed by atoms with Crippen molar-refractivity contribution in [2.45, 2.75) is 43.0 Å². The maximum atomic E-state index is 12.7.